The predicted molar refractivity (Wildman–Crippen MR) is 61.0 cm³/mol. The van der Waals surface area contributed by atoms with Gasteiger partial charge < -0.3 is 4.74 Å². The highest BCUT2D eigenvalue weighted by Crippen LogP contribution is 2.40. The molecule has 14 heavy (non-hydrogen) atoms. The molecule has 0 bridgehead atoms. The van der Waals surface area contributed by atoms with E-state index in [0.29, 0.717) is 5.92 Å². The van der Waals surface area contributed by atoms with E-state index < -0.39 is 0 Å². The van der Waals surface area contributed by atoms with Gasteiger partial charge in [-0.1, -0.05) is 33.3 Å². The van der Waals surface area contributed by atoms with Crippen LogP contribution in [0.15, 0.2) is 23.0 Å². The van der Waals surface area contributed by atoms with Crippen molar-refractivity contribution in [1.29, 1.82) is 0 Å². The molecule has 0 aromatic rings. The number of hydrogen-bond donors (Lipinski definition) is 0. The Bertz CT molecular complexity index is 276. The van der Waals surface area contributed by atoms with Crippen LogP contribution in [0.25, 0.3) is 0 Å². The zero-order valence-corrected chi connectivity index (χ0v) is 10.3. The zero-order chi connectivity index (χ0) is 10.9. The Hall–Kier alpha value is -0.720. The highest BCUT2D eigenvalue weighted by atomic mass is 16.5. The largest absolute Gasteiger partial charge is 0.501 e. The Balaban J connectivity index is 3.09. The fraction of sp³-hybridized carbons (Fsp3) is 0.692. The Morgan fingerprint density at radius 2 is 1.93 bits per heavy atom. The molecule has 0 radical (unpaired) electrons. The Morgan fingerprint density at radius 1 is 1.36 bits per heavy atom. The highest BCUT2D eigenvalue weighted by molar-refractivity contribution is 5.34. The standard InChI is InChI=1S/C13H22O/c1-9-7-11(14-6)8-10(2)12(9)13(3,4)5/h7,10H,8H2,1-6H3. The third-order valence-electron chi connectivity index (χ3n) is 2.87. The zero-order valence-electron chi connectivity index (χ0n) is 10.3. The number of hydrogen-bond acceptors (Lipinski definition) is 1. The summed E-state index contributed by atoms with van der Waals surface area (Å²) < 4.78 is 5.32. The maximum absolute atomic E-state index is 5.32. The van der Waals surface area contributed by atoms with Crippen LogP contribution in [0.2, 0.25) is 0 Å². The lowest BCUT2D eigenvalue weighted by Gasteiger charge is -2.33. The van der Waals surface area contributed by atoms with Crippen molar-refractivity contribution in [2.24, 2.45) is 11.3 Å². The van der Waals surface area contributed by atoms with Crippen LogP contribution in [-0.4, -0.2) is 7.11 Å². The van der Waals surface area contributed by atoms with Gasteiger partial charge in [0.05, 0.1) is 12.9 Å². The predicted octanol–water partition coefficient (Wildman–Crippen LogP) is 3.92. The van der Waals surface area contributed by atoms with Crippen molar-refractivity contribution in [2.75, 3.05) is 7.11 Å². The third-order valence-corrected chi connectivity index (χ3v) is 2.87. The summed E-state index contributed by atoms with van der Waals surface area (Å²) >= 11 is 0. The molecule has 0 aromatic carbocycles. The van der Waals surface area contributed by atoms with Crippen molar-refractivity contribution in [3.8, 4) is 0 Å². The molecule has 0 amide bonds. The van der Waals surface area contributed by atoms with Gasteiger partial charge in [-0.3, -0.25) is 0 Å². The molecule has 1 nitrogen and oxygen atoms in total. The van der Waals surface area contributed by atoms with Gasteiger partial charge in [0.1, 0.15) is 0 Å². The summed E-state index contributed by atoms with van der Waals surface area (Å²) in [5.74, 6) is 1.72. The summed E-state index contributed by atoms with van der Waals surface area (Å²) in [7, 11) is 1.76. The SMILES string of the molecule is COC1=CC(C)=C(C(C)(C)C)C(C)C1. The first-order valence-electron chi connectivity index (χ1n) is 5.32. The summed E-state index contributed by atoms with van der Waals surface area (Å²) in [6.07, 6.45) is 3.22. The molecule has 0 fully saturated rings. The van der Waals surface area contributed by atoms with E-state index in [1.54, 1.807) is 12.7 Å². The van der Waals surface area contributed by atoms with Crippen molar-refractivity contribution >= 4 is 0 Å². The van der Waals surface area contributed by atoms with Gasteiger partial charge >= 0.3 is 0 Å². The van der Waals surface area contributed by atoms with Gasteiger partial charge in [0, 0.05) is 6.42 Å². The summed E-state index contributed by atoms with van der Waals surface area (Å²) in [5, 5.41) is 0. The van der Waals surface area contributed by atoms with Gasteiger partial charge in [0.25, 0.3) is 0 Å². The second-order valence-corrected chi connectivity index (χ2v) is 5.27. The molecular formula is C13H22O. The number of allylic oxidation sites excluding steroid dienone is 4. The highest BCUT2D eigenvalue weighted by Gasteiger charge is 2.27. The van der Waals surface area contributed by atoms with Crippen LogP contribution in [0.3, 0.4) is 0 Å². The van der Waals surface area contributed by atoms with Crippen molar-refractivity contribution in [1.82, 2.24) is 0 Å². The van der Waals surface area contributed by atoms with E-state index in [2.05, 4.69) is 40.7 Å². The molecule has 0 spiro atoms. The van der Waals surface area contributed by atoms with Gasteiger partial charge in [-0.15, -0.1) is 0 Å². The van der Waals surface area contributed by atoms with Crippen molar-refractivity contribution in [3.05, 3.63) is 23.0 Å². The average molecular weight is 194 g/mol. The van der Waals surface area contributed by atoms with E-state index in [0.717, 1.165) is 12.2 Å². The van der Waals surface area contributed by atoms with Crippen LogP contribution in [0.1, 0.15) is 41.0 Å². The lowest BCUT2D eigenvalue weighted by Crippen LogP contribution is -2.21. The maximum Gasteiger partial charge on any atom is 0.0963 e. The van der Waals surface area contributed by atoms with E-state index in [1.807, 2.05) is 0 Å². The fourth-order valence-electron chi connectivity index (χ4n) is 2.64. The Kier molecular flexibility index (Phi) is 3.08. The molecule has 0 aliphatic heterocycles. The van der Waals surface area contributed by atoms with Crippen molar-refractivity contribution in [2.45, 2.75) is 41.0 Å². The van der Waals surface area contributed by atoms with Crippen LogP contribution in [0, 0.1) is 11.3 Å². The molecule has 0 heterocycles. The van der Waals surface area contributed by atoms with Crippen LogP contribution in [0.5, 0.6) is 0 Å². The first kappa shape index (κ1) is 11.4. The number of methoxy groups -OCH3 is 1. The molecule has 0 saturated heterocycles. The van der Waals surface area contributed by atoms with Crippen LogP contribution < -0.4 is 0 Å². The minimum absolute atomic E-state index is 0.277. The fourth-order valence-corrected chi connectivity index (χ4v) is 2.64. The summed E-state index contributed by atoms with van der Waals surface area (Å²) in [4.78, 5) is 0. The summed E-state index contributed by atoms with van der Waals surface area (Å²) in [5.41, 5.74) is 3.23. The number of rotatable bonds is 1. The number of ether oxygens (including phenoxy) is 1. The van der Waals surface area contributed by atoms with Crippen molar-refractivity contribution < 1.29 is 4.74 Å². The van der Waals surface area contributed by atoms with Gasteiger partial charge in [-0.05, 0) is 29.9 Å². The first-order chi connectivity index (χ1) is 6.36. The second kappa shape index (κ2) is 3.80. The molecule has 1 rings (SSSR count). The minimum atomic E-state index is 0.277. The minimum Gasteiger partial charge on any atom is -0.501 e. The Labute approximate surface area is 87.8 Å². The second-order valence-electron chi connectivity index (χ2n) is 5.27. The monoisotopic (exact) mass is 194 g/mol. The molecule has 0 aromatic heterocycles. The quantitative estimate of drug-likeness (QED) is 0.614. The van der Waals surface area contributed by atoms with Crippen molar-refractivity contribution in [3.63, 3.8) is 0 Å². The van der Waals surface area contributed by atoms with E-state index in [1.165, 1.54) is 5.57 Å². The lowest BCUT2D eigenvalue weighted by atomic mass is 9.73. The molecule has 1 aliphatic rings. The van der Waals surface area contributed by atoms with E-state index in [4.69, 9.17) is 4.74 Å². The topological polar surface area (TPSA) is 9.23 Å². The van der Waals surface area contributed by atoms with E-state index in [9.17, 15) is 0 Å². The molecular weight excluding hydrogens is 172 g/mol. The van der Waals surface area contributed by atoms with Gasteiger partial charge in [0.15, 0.2) is 0 Å². The van der Waals surface area contributed by atoms with Gasteiger partial charge in [-0.25, -0.2) is 0 Å². The molecule has 0 saturated carbocycles. The van der Waals surface area contributed by atoms with E-state index in [-0.39, 0.29) is 5.41 Å². The summed E-state index contributed by atoms with van der Waals surface area (Å²) in [6, 6.07) is 0. The first-order valence-corrected chi connectivity index (χ1v) is 5.32. The molecule has 80 valence electrons. The maximum atomic E-state index is 5.32. The summed E-state index contributed by atoms with van der Waals surface area (Å²) in [6.45, 7) is 11.3. The molecule has 1 atom stereocenters. The molecule has 1 aliphatic carbocycles. The lowest BCUT2D eigenvalue weighted by molar-refractivity contribution is 0.257. The molecule has 1 unspecified atom stereocenters. The smallest absolute Gasteiger partial charge is 0.0963 e. The van der Waals surface area contributed by atoms with Gasteiger partial charge in [0.2, 0.25) is 0 Å². The normalized spacial score (nSPS) is 23.6. The van der Waals surface area contributed by atoms with Crippen LogP contribution in [0.4, 0.5) is 0 Å². The molecule has 0 N–H and O–H groups in total. The molecule has 1 heteroatoms. The van der Waals surface area contributed by atoms with Gasteiger partial charge in [-0.2, -0.15) is 0 Å². The average Bonchev–Trinajstić information content (AvgIpc) is 1.99. The Morgan fingerprint density at radius 3 is 2.29 bits per heavy atom. The van der Waals surface area contributed by atoms with Crippen LogP contribution in [-0.2, 0) is 4.74 Å². The third kappa shape index (κ3) is 2.20. The van der Waals surface area contributed by atoms with E-state index >= 15 is 0 Å². The van der Waals surface area contributed by atoms with Crippen LogP contribution >= 0.6 is 0 Å².